The molecule has 0 saturated carbocycles. The minimum absolute atomic E-state index is 0.508. The Kier molecular flexibility index (Phi) is 7.93. The predicted molar refractivity (Wildman–Crippen MR) is 61.4 cm³/mol. The van der Waals surface area contributed by atoms with E-state index in [-0.39, 0.29) is 0 Å². The third kappa shape index (κ3) is 7.17. The fourth-order valence-corrected chi connectivity index (χ4v) is 1.57. The number of hydrogen-bond acceptors (Lipinski definition) is 2. The van der Waals surface area contributed by atoms with Crippen molar-refractivity contribution >= 4 is 11.6 Å². The molecule has 1 atom stereocenters. The predicted octanol–water partition coefficient (Wildman–Crippen LogP) is 2.73. The zero-order valence-corrected chi connectivity index (χ0v) is 10.2. The summed E-state index contributed by atoms with van der Waals surface area (Å²) < 4.78 is 0. The van der Waals surface area contributed by atoms with Crippen LogP contribution in [0.2, 0.25) is 0 Å². The van der Waals surface area contributed by atoms with Gasteiger partial charge in [0, 0.05) is 31.9 Å². The normalized spacial score (nSPS) is 13.2. The van der Waals surface area contributed by atoms with Gasteiger partial charge in [0.2, 0.25) is 0 Å². The van der Waals surface area contributed by atoms with Crippen molar-refractivity contribution in [1.82, 2.24) is 4.90 Å². The molecule has 0 saturated heterocycles. The molecule has 0 aromatic heterocycles. The van der Waals surface area contributed by atoms with Gasteiger partial charge < -0.3 is 4.90 Å². The monoisotopic (exact) mass is 216 g/mol. The van der Waals surface area contributed by atoms with Crippen LogP contribution < -0.4 is 0 Å². The van der Waals surface area contributed by atoms with Crippen molar-refractivity contribution in [3.8, 4) is 6.07 Å². The summed E-state index contributed by atoms with van der Waals surface area (Å²) in [7, 11) is 0. The van der Waals surface area contributed by atoms with Gasteiger partial charge >= 0.3 is 0 Å². The second-order valence-corrected chi connectivity index (χ2v) is 4.63. The van der Waals surface area contributed by atoms with E-state index in [0.717, 1.165) is 19.6 Å². The molecule has 1 unspecified atom stereocenters. The molecule has 0 amide bonds. The summed E-state index contributed by atoms with van der Waals surface area (Å²) in [5, 5.41) is 8.54. The smallest absolute Gasteiger partial charge is 0.0635 e. The molecule has 2 nitrogen and oxygen atoms in total. The molecule has 0 radical (unpaired) electrons. The number of halogens is 1. The summed E-state index contributed by atoms with van der Waals surface area (Å²) in [5.41, 5.74) is 0. The lowest BCUT2D eigenvalue weighted by atomic mass is 10.1. The maximum Gasteiger partial charge on any atom is 0.0635 e. The lowest BCUT2D eigenvalue weighted by Gasteiger charge is -2.25. The highest BCUT2D eigenvalue weighted by Gasteiger charge is 2.10. The van der Waals surface area contributed by atoms with Gasteiger partial charge in [-0.3, -0.25) is 0 Å². The van der Waals surface area contributed by atoms with E-state index in [1.54, 1.807) is 0 Å². The maximum absolute atomic E-state index is 8.54. The number of alkyl halides is 1. The quantitative estimate of drug-likeness (QED) is 0.612. The number of rotatable bonds is 7. The number of hydrogen-bond donors (Lipinski definition) is 0. The second-order valence-electron chi connectivity index (χ2n) is 4.32. The van der Waals surface area contributed by atoms with Crippen LogP contribution in [0.1, 0.15) is 27.2 Å². The van der Waals surface area contributed by atoms with Crippen LogP contribution in [-0.2, 0) is 0 Å². The summed E-state index contributed by atoms with van der Waals surface area (Å²) in [4.78, 5) is 2.33. The largest absolute Gasteiger partial charge is 0.302 e. The third-order valence-electron chi connectivity index (χ3n) is 2.00. The molecule has 0 fully saturated rings. The van der Waals surface area contributed by atoms with Gasteiger partial charge in [-0.15, -0.1) is 11.6 Å². The molecular formula is C11H21ClN2. The fourth-order valence-electron chi connectivity index (χ4n) is 1.47. The number of nitriles is 1. The highest BCUT2D eigenvalue weighted by Crippen LogP contribution is 2.06. The third-order valence-corrected chi connectivity index (χ3v) is 2.52. The van der Waals surface area contributed by atoms with Crippen molar-refractivity contribution in [3.63, 3.8) is 0 Å². The molecule has 0 rings (SSSR count). The molecule has 0 aliphatic heterocycles. The highest BCUT2D eigenvalue weighted by molar-refractivity contribution is 6.18. The molecule has 0 heterocycles. The van der Waals surface area contributed by atoms with Gasteiger partial charge in [-0.25, -0.2) is 0 Å². The van der Waals surface area contributed by atoms with Crippen LogP contribution in [0.4, 0.5) is 0 Å². The van der Waals surface area contributed by atoms with Crippen molar-refractivity contribution in [2.75, 3.05) is 25.5 Å². The van der Waals surface area contributed by atoms with Crippen LogP contribution in [0.25, 0.3) is 0 Å². The van der Waals surface area contributed by atoms with Crippen molar-refractivity contribution < 1.29 is 0 Å². The Labute approximate surface area is 92.8 Å². The molecule has 14 heavy (non-hydrogen) atoms. The molecule has 0 aliphatic rings. The van der Waals surface area contributed by atoms with Gasteiger partial charge in [-0.1, -0.05) is 20.8 Å². The van der Waals surface area contributed by atoms with E-state index in [9.17, 15) is 0 Å². The second kappa shape index (κ2) is 8.08. The molecule has 0 aromatic rings. The van der Waals surface area contributed by atoms with Crippen LogP contribution in [0.5, 0.6) is 0 Å². The summed E-state index contributed by atoms with van der Waals surface area (Å²) in [5.74, 6) is 1.85. The first-order chi connectivity index (χ1) is 6.60. The molecular weight excluding hydrogens is 196 g/mol. The van der Waals surface area contributed by atoms with Crippen molar-refractivity contribution in [1.29, 1.82) is 5.26 Å². The Balaban J connectivity index is 3.91. The highest BCUT2D eigenvalue weighted by atomic mass is 35.5. The van der Waals surface area contributed by atoms with Gasteiger partial charge in [0.1, 0.15) is 0 Å². The van der Waals surface area contributed by atoms with Crippen molar-refractivity contribution in [3.05, 3.63) is 0 Å². The molecule has 82 valence electrons. The minimum atomic E-state index is 0.508. The first kappa shape index (κ1) is 13.7. The average Bonchev–Trinajstić information content (AvgIpc) is 2.13. The first-order valence-electron chi connectivity index (χ1n) is 5.25. The Morgan fingerprint density at radius 3 is 2.36 bits per heavy atom. The molecule has 0 aromatic carbocycles. The number of nitrogens with zero attached hydrogens (tertiary/aromatic N) is 2. The van der Waals surface area contributed by atoms with E-state index >= 15 is 0 Å². The lowest BCUT2D eigenvalue weighted by molar-refractivity contribution is 0.225. The van der Waals surface area contributed by atoms with Gasteiger partial charge in [-0.2, -0.15) is 5.26 Å². The van der Waals surface area contributed by atoms with Crippen molar-refractivity contribution in [2.24, 2.45) is 11.8 Å². The van der Waals surface area contributed by atoms with Gasteiger partial charge in [-0.05, 0) is 11.8 Å². The SMILES string of the molecule is CC(C)CN(CCC#N)CC(C)CCl. The van der Waals surface area contributed by atoms with Crippen LogP contribution >= 0.6 is 11.6 Å². The Bertz CT molecular complexity index is 175. The van der Waals surface area contributed by atoms with Crippen LogP contribution in [0.15, 0.2) is 0 Å². The topological polar surface area (TPSA) is 27.0 Å². The summed E-state index contributed by atoms with van der Waals surface area (Å²) >= 11 is 5.77. The zero-order valence-electron chi connectivity index (χ0n) is 9.46. The standard InChI is InChI=1S/C11H21ClN2/c1-10(2)8-14(6-4-5-13)9-11(3)7-12/h10-11H,4,6-9H2,1-3H3. The lowest BCUT2D eigenvalue weighted by Crippen LogP contribution is -2.33. The average molecular weight is 217 g/mol. The van der Waals surface area contributed by atoms with Crippen molar-refractivity contribution in [2.45, 2.75) is 27.2 Å². The molecule has 0 bridgehead atoms. The Morgan fingerprint density at radius 2 is 1.93 bits per heavy atom. The Hall–Kier alpha value is -0.260. The van der Waals surface area contributed by atoms with E-state index in [1.807, 2.05) is 0 Å². The fraction of sp³-hybridized carbons (Fsp3) is 0.909. The van der Waals surface area contributed by atoms with Crippen LogP contribution in [-0.4, -0.2) is 30.4 Å². The Morgan fingerprint density at radius 1 is 1.29 bits per heavy atom. The summed E-state index contributed by atoms with van der Waals surface area (Å²) in [6.07, 6.45) is 0.613. The van der Waals surface area contributed by atoms with Gasteiger partial charge in [0.15, 0.2) is 0 Å². The molecule has 0 aliphatic carbocycles. The van der Waals surface area contributed by atoms with Gasteiger partial charge in [0.25, 0.3) is 0 Å². The molecule has 0 spiro atoms. The minimum Gasteiger partial charge on any atom is -0.302 e. The van der Waals surface area contributed by atoms with Crippen LogP contribution in [0.3, 0.4) is 0 Å². The van der Waals surface area contributed by atoms with E-state index in [1.165, 1.54) is 0 Å². The van der Waals surface area contributed by atoms with E-state index in [4.69, 9.17) is 16.9 Å². The maximum atomic E-state index is 8.54. The van der Waals surface area contributed by atoms with E-state index in [2.05, 4.69) is 31.7 Å². The summed E-state index contributed by atoms with van der Waals surface area (Å²) in [6.45, 7) is 9.48. The zero-order chi connectivity index (χ0) is 11.0. The molecule has 0 N–H and O–H groups in total. The van der Waals surface area contributed by atoms with Crippen LogP contribution in [0, 0.1) is 23.2 Å². The van der Waals surface area contributed by atoms with Gasteiger partial charge in [0.05, 0.1) is 6.07 Å². The van der Waals surface area contributed by atoms with E-state index in [0.29, 0.717) is 24.1 Å². The first-order valence-corrected chi connectivity index (χ1v) is 5.78. The van der Waals surface area contributed by atoms with E-state index < -0.39 is 0 Å². The molecule has 3 heteroatoms. The summed E-state index contributed by atoms with van der Waals surface area (Å²) in [6, 6.07) is 2.19.